The zero-order valence-corrected chi connectivity index (χ0v) is 7.15. The summed E-state index contributed by atoms with van der Waals surface area (Å²) in [5.41, 5.74) is 0. The van der Waals surface area contributed by atoms with Gasteiger partial charge >= 0.3 is 0 Å². The Morgan fingerprint density at radius 1 is 1.78 bits per heavy atom. The number of rotatable bonds is 2. The van der Waals surface area contributed by atoms with Crippen LogP contribution in [0.3, 0.4) is 0 Å². The van der Waals surface area contributed by atoms with E-state index in [0.717, 1.165) is 0 Å². The Labute approximate surface area is 58.6 Å². The van der Waals surface area contributed by atoms with Gasteiger partial charge in [0.2, 0.25) is 0 Å². The van der Waals surface area contributed by atoms with E-state index in [2.05, 4.69) is 0 Å². The van der Waals surface area contributed by atoms with Crippen molar-refractivity contribution < 1.29 is 13.9 Å². The summed E-state index contributed by atoms with van der Waals surface area (Å²) >= 11 is 0. The van der Waals surface area contributed by atoms with E-state index in [4.69, 9.17) is 9.66 Å². The number of aliphatic hydroxyl groups is 1. The molecule has 0 aliphatic carbocycles. The van der Waals surface area contributed by atoms with Gasteiger partial charge in [-0.3, -0.25) is 0 Å². The zero-order valence-electron chi connectivity index (χ0n) is 5.44. The predicted molar refractivity (Wildman–Crippen MR) is 42.0 cm³/mol. The van der Waals surface area contributed by atoms with Crippen molar-refractivity contribution >= 4 is 19.1 Å². The third kappa shape index (κ3) is 8.42. The highest BCUT2D eigenvalue weighted by Crippen LogP contribution is 1.83. The van der Waals surface area contributed by atoms with Crippen molar-refractivity contribution in [2.75, 3.05) is 12.0 Å². The molecule has 58 valence electrons. The molecule has 5 heteroatoms. The van der Waals surface area contributed by atoms with Gasteiger partial charge in [-0.05, 0) is 6.92 Å². The Balaban J connectivity index is 3.87. The molecule has 0 rings (SSSR count). The van der Waals surface area contributed by atoms with Crippen molar-refractivity contribution in [1.82, 2.24) is 0 Å². The van der Waals surface area contributed by atoms with E-state index in [-0.39, 0.29) is 0 Å². The van der Waals surface area contributed by atoms with E-state index in [1.54, 1.807) is 6.92 Å². The lowest BCUT2D eigenvalue weighted by Gasteiger charge is -1.98. The second-order valence-corrected chi connectivity index (χ2v) is 6.88. The SMILES string of the molecule is CC(O)C[SH]=S(C)(=O)O. The van der Waals surface area contributed by atoms with Crippen molar-refractivity contribution in [3.63, 3.8) is 0 Å². The van der Waals surface area contributed by atoms with E-state index in [0.29, 0.717) is 16.1 Å². The number of aliphatic hydroxyl groups excluding tert-OH is 1. The second-order valence-electron chi connectivity index (χ2n) is 1.92. The Morgan fingerprint density at radius 3 is 2.33 bits per heavy atom. The normalized spacial score (nSPS) is 20.9. The number of thiol groups is 1. The molecule has 0 bridgehead atoms. The van der Waals surface area contributed by atoms with E-state index >= 15 is 0 Å². The molecule has 2 N–H and O–H groups in total. The molecule has 0 aliphatic rings. The lowest BCUT2D eigenvalue weighted by molar-refractivity contribution is 0.220. The quantitative estimate of drug-likeness (QED) is 0.491. The summed E-state index contributed by atoms with van der Waals surface area (Å²) in [6.45, 7) is 1.60. The van der Waals surface area contributed by atoms with Crippen LogP contribution in [0.5, 0.6) is 0 Å². The molecular weight excluding hydrogens is 160 g/mol. The fraction of sp³-hybridized carbons (Fsp3) is 1.00. The topological polar surface area (TPSA) is 57.5 Å². The van der Waals surface area contributed by atoms with Gasteiger partial charge in [-0.1, -0.05) is 0 Å². The van der Waals surface area contributed by atoms with Crippen LogP contribution in [0.4, 0.5) is 0 Å². The third-order valence-electron chi connectivity index (χ3n) is 0.578. The van der Waals surface area contributed by atoms with Gasteiger partial charge in [0.1, 0.15) is 0 Å². The maximum atomic E-state index is 10.5. The van der Waals surface area contributed by atoms with Crippen LogP contribution in [0, 0.1) is 0 Å². The van der Waals surface area contributed by atoms with E-state index in [1.807, 2.05) is 0 Å². The van der Waals surface area contributed by atoms with Crippen LogP contribution in [-0.2, 0) is 19.1 Å². The van der Waals surface area contributed by atoms with Crippen LogP contribution in [0.25, 0.3) is 0 Å². The van der Waals surface area contributed by atoms with Gasteiger partial charge in [-0.15, -0.1) is 10.3 Å². The van der Waals surface area contributed by atoms with Crippen molar-refractivity contribution in [2.24, 2.45) is 0 Å². The standard InChI is InChI=1S/C4H12O3S2/c1-4(5)3-8-9(2,6)7/h4-5,8H,3H2,1-2H3,(H,6,7). The van der Waals surface area contributed by atoms with Crippen molar-refractivity contribution in [2.45, 2.75) is 13.0 Å². The highest BCUT2D eigenvalue weighted by atomic mass is 32.9. The van der Waals surface area contributed by atoms with Gasteiger partial charge in [0.05, 0.1) is 14.9 Å². The first kappa shape index (κ1) is 9.42. The van der Waals surface area contributed by atoms with Gasteiger partial charge in [0.25, 0.3) is 0 Å². The molecule has 0 radical (unpaired) electrons. The molecule has 3 nitrogen and oxygen atoms in total. The van der Waals surface area contributed by atoms with Crippen molar-refractivity contribution in [3.8, 4) is 0 Å². The van der Waals surface area contributed by atoms with E-state index in [9.17, 15) is 4.21 Å². The van der Waals surface area contributed by atoms with Crippen LogP contribution >= 0.6 is 0 Å². The molecule has 0 aromatic heterocycles. The fourth-order valence-corrected chi connectivity index (χ4v) is 2.22. The predicted octanol–water partition coefficient (Wildman–Crippen LogP) is -0.516. The average Bonchev–Trinajstić information content (AvgIpc) is 1.59. The third-order valence-corrected chi connectivity index (χ3v) is 3.62. The molecule has 0 aromatic carbocycles. The Kier molecular flexibility index (Phi) is 3.72. The first-order valence-electron chi connectivity index (χ1n) is 2.50. The van der Waals surface area contributed by atoms with Gasteiger partial charge in [0.15, 0.2) is 0 Å². The summed E-state index contributed by atoms with van der Waals surface area (Å²) in [5, 5.41) is 8.67. The Hall–Kier alpha value is 0.420. The Bertz CT molecular complexity index is 170. The van der Waals surface area contributed by atoms with Crippen molar-refractivity contribution in [1.29, 1.82) is 0 Å². The largest absolute Gasteiger partial charge is 0.393 e. The van der Waals surface area contributed by atoms with Gasteiger partial charge in [-0.25, -0.2) is 4.21 Å². The minimum Gasteiger partial charge on any atom is -0.393 e. The monoisotopic (exact) mass is 172 g/mol. The smallest absolute Gasteiger partial charge is 0.0975 e. The van der Waals surface area contributed by atoms with Crippen LogP contribution in [0.15, 0.2) is 0 Å². The average molecular weight is 172 g/mol. The molecule has 0 aliphatic heterocycles. The lowest BCUT2D eigenvalue weighted by Crippen LogP contribution is -2.08. The number of hydrogen-bond donors (Lipinski definition) is 3. The minimum absolute atomic E-state index is 0.367. The molecule has 0 saturated carbocycles. The van der Waals surface area contributed by atoms with Crippen LogP contribution in [0.2, 0.25) is 0 Å². The fourth-order valence-electron chi connectivity index (χ4n) is 0.246. The highest BCUT2D eigenvalue weighted by molar-refractivity contribution is 8.36. The molecule has 0 amide bonds. The molecule has 0 spiro atoms. The Morgan fingerprint density at radius 2 is 2.22 bits per heavy atom. The van der Waals surface area contributed by atoms with Gasteiger partial charge < -0.3 is 9.66 Å². The summed E-state index contributed by atoms with van der Waals surface area (Å²) in [6.07, 6.45) is 0.774. The maximum absolute atomic E-state index is 10.5. The van der Waals surface area contributed by atoms with Gasteiger partial charge in [-0.2, -0.15) is 0 Å². The molecule has 0 aromatic rings. The number of hydrogen-bond acceptors (Lipinski definition) is 2. The molecule has 0 fully saturated rings. The molecule has 0 heterocycles. The summed E-state index contributed by atoms with van der Waals surface area (Å²) < 4.78 is 19.2. The van der Waals surface area contributed by atoms with Crippen LogP contribution in [-0.4, -0.2) is 32.0 Å². The van der Waals surface area contributed by atoms with Gasteiger partial charge in [0, 0.05) is 12.0 Å². The maximum Gasteiger partial charge on any atom is 0.0975 e. The second kappa shape index (κ2) is 3.55. The zero-order chi connectivity index (χ0) is 7.49. The minimum atomic E-state index is -2.66. The molecule has 2 atom stereocenters. The highest BCUT2D eigenvalue weighted by Gasteiger charge is 1.93. The molecule has 2 unspecified atom stereocenters. The van der Waals surface area contributed by atoms with E-state index in [1.165, 1.54) is 6.26 Å². The summed E-state index contributed by atoms with van der Waals surface area (Å²) in [7, 11) is -2.24. The summed E-state index contributed by atoms with van der Waals surface area (Å²) in [5.74, 6) is 0.367. The van der Waals surface area contributed by atoms with Crippen LogP contribution in [0.1, 0.15) is 6.92 Å². The lowest BCUT2D eigenvalue weighted by atomic mass is 10.5. The summed E-state index contributed by atoms with van der Waals surface area (Å²) in [4.78, 5) is 0. The van der Waals surface area contributed by atoms with E-state index < -0.39 is 14.9 Å². The molecular formula is C4H12O3S2. The summed E-state index contributed by atoms with van der Waals surface area (Å²) in [6, 6.07) is 0. The van der Waals surface area contributed by atoms with Crippen molar-refractivity contribution in [3.05, 3.63) is 0 Å². The van der Waals surface area contributed by atoms with Crippen LogP contribution < -0.4 is 0 Å². The first-order valence-corrected chi connectivity index (χ1v) is 6.11. The molecule has 9 heavy (non-hydrogen) atoms. The molecule has 0 saturated heterocycles. The first-order chi connectivity index (χ1) is 3.92.